The van der Waals surface area contributed by atoms with Crippen LogP contribution in [0.2, 0.25) is 0 Å². The lowest BCUT2D eigenvalue weighted by Gasteiger charge is -2.19. The van der Waals surface area contributed by atoms with Crippen molar-refractivity contribution in [1.82, 2.24) is 15.0 Å². The first kappa shape index (κ1) is 23.1. The summed E-state index contributed by atoms with van der Waals surface area (Å²) in [6, 6.07) is 5.73. The average Bonchev–Trinajstić information content (AvgIpc) is 3.05. The van der Waals surface area contributed by atoms with Gasteiger partial charge in [0.1, 0.15) is 11.3 Å². The maximum Gasteiger partial charge on any atom is 0.277 e. The molecule has 31 heavy (non-hydrogen) atoms. The van der Waals surface area contributed by atoms with Crippen LogP contribution in [-0.2, 0) is 16.6 Å². The number of hydroxylamine groups is 1. The summed E-state index contributed by atoms with van der Waals surface area (Å²) in [5.41, 5.74) is 2.13. The van der Waals surface area contributed by atoms with Crippen LogP contribution in [0.1, 0.15) is 31.1 Å². The Balaban J connectivity index is 1.88. The highest BCUT2D eigenvalue weighted by molar-refractivity contribution is 9.10. The fourth-order valence-electron chi connectivity index (χ4n) is 2.81. The number of anilines is 2. The number of amides is 1. The van der Waals surface area contributed by atoms with E-state index in [1.807, 2.05) is 20.8 Å². The Morgan fingerprint density at radius 2 is 1.97 bits per heavy atom. The van der Waals surface area contributed by atoms with Gasteiger partial charge in [0.15, 0.2) is 5.82 Å². The molecule has 1 amide bonds. The lowest BCUT2D eigenvalue weighted by Crippen LogP contribution is -2.28. The van der Waals surface area contributed by atoms with E-state index < -0.39 is 17.5 Å². The van der Waals surface area contributed by atoms with Crippen molar-refractivity contribution in [2.24, 2.45) is 7.05 Å². The molecular weight excluding hydrogens is 474 g/mol. The molecule has 0 bridgehead atoms. The summed E-state index contributed by atoms with van der Waals surface area (Å²) in [6.07, 6.45) is 1.43. The zero-order chi connectivity index (χ0) is 22.8. The summed E-state index contributed by atoms with van der Waals surface area (Å²) >= 11 is 3.18. The molecule has 0 atom stereocenters. The fraction of sp³-hybridized carbons (Fsp3) is 0.333. The number of benzene rings is 2. The molecule has 0 saturated carbocycles. The van der Waals surface area contributed by atoms with Crippen molar-refractivity contribution in [3.63, 3.8) is 0 Å². The zero-order valence-electron chi connectivity index (χ0n) is 17.6. The maximum atomic E-state index is 15.3. The number of carbonyl (C=O) groups excluding carboxylic acids is 1. The van der Waals surface area contributed by atoms with Crippen molar-refractivity contribution in [3.05, 3.63) is 52.3 Å². The molecule has 2 N–H and O–H groups in total. The molecule has 3 aromatic rings. The Labute approximate surface area is 186 Å². The van der Waals surface area contributed by atoms with E-state index in [9.17, 15) is 9.18 Å². The first-order chi connectivity index (χ1) is 14.6. The fourth-order valence-corrected chi connectivity index (χ4v) is 3.15. The van der Waals surface area contributed by atoms with Gasteiger partial charge in [-0.05, 0) is 45.0 Å². The molecule has 3 rings (SSSR count). The minimum absolute atomic E-state index is 0.00549. The number of halogens is 3. The Morgan fingerprint density at radius 3 is 2.65 bits per heavy atom. The normalized spacial score (nSPS) is 11.7. The van der Waals surface area contributed by atoms with Gasteiger partial charge in [0, 0.05) is 11.5 Å². The second-order valence-electron chi connectivity index (χ2n) is 7.83. The molecule has 0 aliphatic carbocycles. The van der Waals surface area contributed by atoms with Gasteiger partial charge in [0.2, 0.25) is 0 Å². The van der Waals surface area contributed by atoms with E-state index >= 15 is 4.39 Å². The highest BCUT2D eigenvalue weighted by Crippen LogP contribution is 2.32. The van der Waals surface area contributed by atoms with Gasteiger partial charge in [0.25, 0.3) is 5.91 Å². The molecule has 0 saturated heterocycles. The first-order valence-electron chi connectivity index (χ1n) is 9.48. The zero-order valence-corrected chi connectivity index (χ0v) is 19.1. The third kappa shape index (κ3) is 5.57. The number of rotatable bonds is 7. The van der Waals surface area contributed by atoms with E-state index in [2.05, 4.69) is 31.7 Å². The molecule has 1 aromatic heterocycles. The maximum absolute atomic E-state index is 15.3. The van der Waals surface area contributed by atoms with Crippen molar-refractivity contribution in [1.29, 1.82) is 0 Å². The van der Waals surface area contributed by atoms with E-state index in [0.717, 1.165) is 0 Å². The number of nitrogens with one attached hydrogen (secondary N) is 2. The minimum Gasteiger partial charge on any atom is -0.373 e. The van der Waals surface area contributed by atoms with Crippen LogP contribution in [0, 0.1) is 11.6 Å². The number of carbonyl (C=O) groups is 1. The predicted molar refractivity (Wildman–Crippen MR) is 117 cm³/mol. The summed E-state index contributed by atoms with van der Waals surface area (Å²) in [5.74, 6) is -2.09. The average molecular weight is 497 g/mol. The molecule has 0 radical (unpaired) electrons. The number of fused-ring (bicyclic) bond motifs is 1. The SMILES string of the molecule is Cn1cnc2c(F)c(Nc3ccc(Br)cc3F)c(C(=O)NOCCOC(C)(C)C)cc21. The first-order valence-corrected chi connectivity index (χ1v) is 10.3. The molecule has 0 unspecified atom stereocenters. The summed E-state index contributed by atoms with van der Waals surface area (Å²) in [6.45, 7) is 6.06. The summed E-state index contributed by atoms with van der Waals surface area (Å²) in [4.78, 5) is 22.0. The molecule has 1 heterocycles. The Hall–Kier alpha value is -2.56. The third-order valence-corrected chi connectivity index (χ3v) is 4.77. The summed E-state index contributed by atoms with van der Waals surface area (Å²) < 4.78 is 37.2. The second kappa shape index (κ2) is 9.29. The van der Waals surface area contributed by atoms with Crippen molar-refractivity contribution in [2.45, 2.75) is 26.4 Å². The van der Waals surface area contributed by atoms with E-state index in [0.29, 0.717) is 9.99 Å². The number of aryl methyl sites for hydroxylation is 1. The van der Waals surface area contributed by atoms with E-state index in [4.69, 9.17) is 9.57 Å². The topological polar surface area (TPSA) is 77.4 Å². The number of aromatic nitrogens is 2. The Bertz CT molecular complexity index is 1110. The molecule has 0 aliphatic heterocycles. The van der Waals surface area contributed by atoms with Crippen molar-refractivity contribution < 1.29 is 23.1 Å². The van der Waals surface area contributed by atoms with E-state index in [1.54, 1.807) is 17.7 Å². The number of hydrogen-bond donors (Lipinski definition) is 2. The molecular formula is C21H23BrF2N4O3. The van der Waals surface area contributed by atoms with Gasteiger partial charge in [-0.15, -0.1) is 0 Å². The number of nitrogens with zero attached hydrogens (tertiary/aromatic N) is 2. The summed E-state index contributed by atoms with van der Waals surface area (Å²) in [5, 5.41) is 2.68. The summed E-state index contributed by atoms with van der Waals surface area (Å²) in [7, 11) is 1.68. The van der Waals surface area contributed by atoms with Crippen LogP contribution in [0.15, 0.2) is 35.1 Å². The van der Waals surface area contributed by atoms with Gasteiger partial charge in [-0.2, -0.15) is 0 Å². The smallest absolute Gasteiger partial charge is 0.277 e. The van der Waals surface area contributed by atoms with Gasteiger partial charge in [-0.25, -0.2) is 19.2 Å². The van der Waals surface area contributed by atoms with Gasteiger partial charge in [-0.3, -0.25) is 9.63 Å². The van der Waals surface area contributed by atoms with Gasteiger partial charge in [0.05, 0.1) is 47.6 Å². The molecule has 0 aliphatic rings. The molecule has 2 aromatic carbocycles. The van der Waals surface area contributed by atoms with Crippen LogP contribution >= 0.6 is 15.9 Å². The second-order valence-corrected chi connectivity index (χ2v) is 8.74. The van der Waals surface area contributed by atoms with E-state index in [1.165, 1.54) is 24.5 Å². The highest BCUT2D eigenvalue weighted by Gasteiger charge is 2.22. The molecule has 166 valence electrons. The lowest BCUT2D eigenvalue weighted by molar-refractivity contribution is -0.0511. The van der Waals surface area contributed by atoms with Gasteiger partial charge in [-0.1, -0.05) is 15.9 Å². The molecule has 0 spiro atoms. The van der Waals surface area contributed by atoms with Gasteiger partial charge >= 0.3 is 0 Å². The van der Waals surface area contributed by atoms with Crippen LogP contribution in [0.25, 0.3) is 11.0 Å². The minimum atomic E-state index is -0.776. The third-order valence-electron chi connectivity index (χ3n) is 4.28. The lowest BCUT2D eigenvalue weighted by atomic mass is 10.1. The van der Waals surface area contributed by atoms with Crippen molar-refractivity contribution in [2.75, 3.05) is 18.5 Å². The van der Waals surface area contributed by atoms with Crippen LogP contribution in [-0.4, -0.2) is 34.3 Å². The standard InChI is InChI=1S/C21H23BrF2N4O3/c1-21(2,3)30-7-8-31-27-20(29)13-10-16-19(25-11-28(16)4)17(24)18(13)26-15-6-5-12(22)9-14(15)23/h5-6,9-11,26H,7-8H2,1-4H3,(H,27,29). The van der Waals surface area contributed by atoms with Crippen LogP contribution in [0.5, 0.6) is 0 Å². The monoisotopic (exact) mass is 496 g/mol. The molecule has 10 heteroatoms. The molecule has 7 nitrogen and oxygen atoms in total. The Kier molecular flexibility index (Phi) is 6.93. The quantitative estimate of drug-likeness (QED) is 0.361. The van der Waals surface area contributed by atoms with Crippen LogP contribution in [0.3, 0.4) is 0 Å². The van der Waals surface area contributed by atoms with E-state index in [-0.39, 0.29) is 41.3 Å². The Morgan fingerprint density at radius 1 is 1.23 bits per heavy atom. The predicted octanol–water partition coefficient (Wildman–Crippen LogP) is 4.83. The van der Waals surface area contributed by atoms with Crippen LogP contribution < -0.4 is 10.8 Å². The molecule has 0 fully saturated rings. The number of hydrogen-bond acceptors (Lipinski definition) is 5. The van der Waals surface area contributed by atoms with Gasteiger partial charge < -0.3 is 14.6 Å². The van der Waals surface area contributed by atoms with Crippen LogP contribution in [0.4, 0.5) is 20.2 Å². The highest BCUT2D eigenvalue weighted by atomic mass is 79.9. The van der Waals surface area contributed by atoms with Crippen molar-refractivity contribution >= 4 is 44.2 Å². The largest absolute Gasteiger partial charge is 0.373 e. The van der Waals surface area contributed by atoms with Crippen molar-refractivity contribution in [3.8, 4) is 0 Å². The number of imidazole rings is 1. The number of ether oxygens (including phenoxy) is 1.